The summed E-state index contributed by atoms with van der Waals surface area (Å²) in [6.07, 6.45) is 4.51. The highest BCUT2D eigenvalue weighted by Crippen LogP contribution is 2.29. The second-order valence-corrected chi connectivity index (χ2v) is 5.48. The van der Waals surface area contributed by atoms with E-state index in [0.717, 1.165) is 24.8 Å². The second-order valence-electron chi connectivity index (χ2n) is 5.48. The number of nitrogens with two attached hydrogens (primary N) is 1. The van der Waals surface area contributed by atoms with Crippen molar-refractivity contribution in [3.63, 3.8) is 0 Å². The lowest BCUT2D eigenvalue weighted by atomic mass is 10.1. The Bertz CT molecular complexity index is 549. The van der Waals surface area contributed by atoms with Crippen LogP contribution in [0.5, 0.6) is 0 Å². The number of nitrogens with zero attached hydrogens (tertiary/aromatic N) is 2. The van der Waals surface area contributed by atoms with Gasteiger partial charge in [-0.3, -0.25) is 9.88 Å². The van der Waals surface area contributed by atoms with Crippen LogP contribution >= 0.6 is 0 Å². The quantitative estimate of drug-likeness (QED) is 0.875. The van der Waals surface area contributed by atoms with Gasteiger partial charge in [-0.15, -0.1) is 0 Å². The van der Waals surface area contributed by atoms with Gasteiger partial charge in [0.25, 0.3) is 0 Å². The Hall–Kier alpha value is -1.71. The van der Waals surface area contributed by atoms with E-state index in [1.165, 1.54) is 24.0 Å². The topological polar surface area (TPSA) is 42.1 Å². The maximum Gasteiger partial charge on any atom is 0.0542 e. The number of benzene rings is 1. The van der Waals surface area contributed by atoms with E-state index in [-0.39, 0.29) is 0 Å². The van der Waals surface area contributed by atoms with Crippen molar-refractivity contribution in [2.75, 3.05) is 0 Å². The van der Waals surface area contributed by atoms with E-state index in [1.54, 1.807) is 0 Å². The average Bonchev–Trinajstić information content (AvgIpc) is 3.33. The molecule has 2 aromatic rings. The molecule has 0 amide bonds. The predicted octanol–water partition coefficient (Wildman–Crippen LogP) is 2.70. The zero-order valence-corrected chi connectivity index (χ0v) is 11.7. The van der Waals surface area contributed by atoms with Crippen molar-refractivity contribution in [2.24, 2.45) is 5.73 Å². The zero-order valence-electron chi connectivity index (χ0n) is 11.7. The fourth-order valence-electron chi connectivity index (χ4n) is 2.54. The van der Waals surface area contributed by atoms with Gasteiger partial charge in [-0.1, -0.05) is 30.3 Å². The van der Waals surface area contributed by atoms with Gasteiger partial charge in [0.05, 0.1) is 5.69 Å². The van der Waals surface area contributed by atoms with E-state index >= 15 is 0 Å². The summed E-state index contributed by atoms with van der Waals surface area (Å²) in [6.45, 7) is 2.51. The molecule has 0 spiro atoms. The summed E-state index contributed by atoms with van der Waals surface area (Å²) >= 11 is 0. The van der Waals surface area contributed by atoms with Crippen molar-refractivity contribution < 1.29 is 0 Å². The largest absolute Gasteiger partial charge is 0.325 e. The first-order chi connectivity index (χ1) is 9.85. The van der Waals surface area contributed by atoms with Crippen LogP contribution < -0.4 is 5.73 Å². The van der Waals surface area contributed by atoms with Crippen LogP contribution in [-0.2, 0) is 19.6 Å². The minimum absolute atomic E-state index is 0.510. The first-order valence-corrected chi connectivity index (χ1v) is 7.27. The zero-order chi connectivity index (χ0) is 13.8. The van der Waals surface area contributed by atoms with Crippen molar-refractivity contribution in [3.8, 4) is 0 Å². The van der Waals surface area contributed by atoms with E-state index in [0.29, 0.717) is 6.54 Å². The van der Waals surface area contributed by atoms with E-state index in [1.807, 2.05) is 6.20 Å². The van der Waals surface area contributed by atoms with Gasteiger partial charge in [-0.25, -0.2) is 0 Å². The molecule has 0 aliphatic heterocycles. The third-order valence-corrected chi connectivity index (χ3v) is 3.77. The lowest BCUT2D eigenvalue weighted by Crippen LogP contribution is -2.25. The Labute approximate surface area is 120 Å². The van der Waals surface area contributed by atoms with Gasteiger partial charge in [-0.05, 0) is 36.1 Å². The molecule has 1 heterocycles. The molecule has 1 fully saturated rings. The SMILES string of the molecule is NCc1cc(CN(Cc2ccccc2)C2CC2)ccn1. The van der Waals surface area contributed by atoms with Gasteiger partial charge in [0, 0.05) is 31.9 Å². The highest BCUT2D eigenvalue weighted by molar-refractivity contribution is 5.18. The highest BCUT2D eigenvalue weighted by atomic mass is 15.2. The second kappa shape index (κ2) is 6.16. The summed E-state index contributed by atoms with van der Waals surface area (Å²) < 4.78 is 0. The molecule has 0 unspecified atom stereocenters. The fraction of sp³-hybridized carbons (Fsp3) is 0.353. The Morgan fingerprint density at radius 3 is 2.50 bits per heavy atom. The fourth-order valence-corrected chi connectivity index (χ4v) is 2.54. The van der Waals surface area contributed by atoms with E-state index in [4.69, 9.17) is 5.73 Å². The van der Waals surface area contributed by atoms with Gasteiger partial charge in [-0.2, -0.15) is 0 Å². The van der Waals surface area contributed by atoms with Crippen molar-refractivity contribution in [3.05, 3.63) is 65.5 Å². The van der Waals surface area contributed by atoms with Crippen LogP contribution in [0.1, 0.15) is 29.7 Å². The molecule has 3 nitrogen and oxygen atoms in total. The number of hydrogen-bond acceptors (Lipinski definition) is 3. The van der Waals surface area contributed by atoms with Crippen LogP contribution in [0.4, 0.5) is 0 Å². The molecule has 3 rings (SSSR count). The lowest BCUT2D eigenvalue weighted by molar-refractivity contribution is 0.245. The summed E-state index contributed by atoms with van der Waals surface area (Å²) in [5.74, 6) is 0. The van der Waals surface area contributed by atoms with Crippen LogP contribution in [0.15, 0.2) is 48.7 Å². The first kappa shape index (κ1) is 13.3. The number of rotatable bonds is 6. The summed E-state index contributed by atoms with van der Waals surface area (Å²) in [5, 5.41) is 0. The van der Waals surface area contributed by atoms with Crippen LogP contribution in [0, 0.1) is 0 Å². The molecule has 1 aliphatic carbocycles. The molecule has 104 valence electrons. The van der Waals surface area contributed by atoms with Gasteiger partial charge >= 0.3 is 0 Å². The minimum atomic E-state index is 0.510. The number of pyridine rings is 1. The normalized spacial score (nSPS) is 14.7. The van der Waals surface area contributed by atoms with E-state index in [2.05, 4.69) is 52.3 Å². The Balaban J connectivity index is 1.71. The molecule has 1 aromatic heterocycles. The molecule has 1 aliphatic rings. The standard InChI is InChI=1S/C17H21N3/c18-11-16-10-15(8-9-19-16)13-20(17-6-7-17)12-14-4-2-1-3-5-14/h1-5,8-10,17H,6-7,11-13,18H2. The van der Waals surface area contributed by atoms with Crippen LogP contribution in [0.25, 0.3) is 0 Å². The average molecular weight is 267 g/mol. The van der Waals surface area contributed by atoms with Gasteiger partial charge < -0.3 is 5.73 Å². The lowest BCUT2D eigenvalue weighted by Gasteiger charge is -2.22. The molecule has 0 atom stereocenters. The smallest absolute Gasteiger partial charge is 0.0542 e. The summed E-state index contributed by atoms with van der Waals surface area (Å²) in [6, 6.07) is 15.7. The maximum atomic E-state index is 5.67. The monoisotopic (exact) mass is 267 g/mol. The maximum absolute atomic E-state index is 5.67. The molecule has 1 saturated carbocycles. The van der Waals surface area contributed by atoms with Gasteiger partial charge in [0.15, 0.2) is 0 Å². The predicted molar refractivity (Wildman–Crippen MR) is 80.8 cm³/mol. The van der Waals surface area contributed by atoms with Crippen molar-refractivity contribution >= 4 is 0 Å². The van der Waals surface area contributed by atoms with Gasteiger partial charge in [0.1, 0.15) is 0 Å². The molecule has 1 aromatic carbocycles. The first-order valence-electron chi connectivity index (χ1n) is 7.27. The summed E-state index contributed by atoms with van der Waals surface area (Å²) in [7, 11) is 0. The minimum Gasteiger partial charge on any atom is -0.325 e. The molecule has 2 N–H and O–H groups in total. The molecule has 20 heavy (non-hydrogen) atoms. The third-order valence-electron chi connectivity index (χ3n) is 3.77. The van der Waals surface area contributed by atoms with Crippen molar-refractivity contribution in [1.29, 1.82) is 0 Å². The molecule has 3 heteroatoms. The summed E-state index contributed by atoms with van der Waals surface area (Å²) in [4.78, 5) is 6.83. The Morgan fingerprint density at radius 2 is 1.80 bits per heavy atom. The number of aromatic nitrogens is 1. The molecular formula is C17H21N3. The number of hydrogen-bond donors (Lipinski definition) is 1. The van der Waals surface area contributed by atoms with Gasteiger partial charge in [0.2, 0.25) is 0 Å². The third kappa shape index (κ3) is 3.44. The summed E-state index contributed by atoms with van der Waals surface area (Å²) in [5.41, 5.74) is 9.33. The van der Waals surface area contributed by atoms with E-state index < -0.39 is 0 Å². The Morgan fingerprint density at radius 1 is 1.05 bits per heavy atom. The molecule has 0 radical (unpaired) electrons. The van der Waals surface area contributed by atoms with E-state index in [9.17, 15) is 0 Å². The van der Waals surface area contributed by atoms with Crippen molar-refractivity contribution in [1.82, 2.24) is 9.88 Å². The van der Waals surface area contributed by atoms with Crippen LogP contribution in [0.2, 0.25) is 0 Å². The van der Waals surface area contributed by atoms with Crippen LogP contribution in [0.3, 0.4) is 0 Å². The Kier molecular flexibility index (Phi) is 4.09. The van der Waals surface area contributed by atoms with Crippen LogP contribution in [-0.4, -0.2) is 15.9 Å². The highest BCUT2D eigenvalue weighted by Gasteiger charge is 2.28. The van der Waals surface area contributed by atoms with Crippen molar-refractivity contribution in [2.45, 2.75) is 38.5 Å². The molecule has 0 saturated heterocycles. The molecular weight excluding hydrogens is 246 g/mol. The molecule has 0 bridgehead atoms.